The third-order valence-electron chi connectivity index (χ3n) is 3.99. The van der Waals surface area contributed by atoms with Gasteiger partial charge in [0.2, 0.25) is 0 Å². The number of hydrogen-bond donors (Lipinski definition) is 2. The van der Waals surface area contributed by atoms with Crippen LogP contribution in [0.1, 0.15) is 53.5 Å². The van der Waals surface area contributed by atoms with Gasteiger partial charge in [-0.3, -0.25) is 4.79 Å². The fraction of sp³-hybridized carbons (Fsp3) is 0.438. The van der Waals surface area contributed by atoms with Crippen LogP contribution in [-0.4, -0.2) is 22.0 Å². The van der Waals surface area contributed by atoms with E-state index < -0.39 is 5.91 Å². The summed E-state index contributed by atoms with van der Waals surface area (Å²) in [5, 5.41) is 19.1. The van der Waals surface area contributed by atoms with E-state index in [9.17, 15) is 10.0 Å². The first-order valence-corrected chi connectivity index (χ1v) is 7.39. The van der Waals surface area contributed by atoms with Crippen molar-refractivity contribution in [3.63, 3.8) is 0 Å². The highest BCUT2D eigenvalue weighted by atomic mass is 16.5. The number of anilines is 1. The minimum atomic E-state index is -0.403. The van der Waals surface area contributed by atoms with E-state index in [2.05, 4.69) is 29.5 Å². The molecule has 0 aromatic carbocycles. The lowest BCUT2D eigenvalue weighted by molar-refractivity contribution is 0.0992. The number of nitrogens with one attached hydrogen (secondary N) is 1. The maximum Gasteiger partial charge on any atom is 0.292 e. The van der Waals surface area contributed by atoms with Crippen molar-refractivity contribution in [2.75, 3.05) is 5.32 Å². The summed E-state index contributed by atoms with van der Waals surface area (Å²) in [4.78, 5) is 12.4. The lowest BCUT2D eigenvalue weighted by Gasteiger charge is -2.28. The average molecular weight is 317 g/mol. The highest BCUT2D eigenvalue weighted by Crippen LogP contribution is 2.38. The number of aryl methyl sites for hydroxylation is 1. The van der Waals surface area contributed by atoms with Crippen molar-refractivity contribution in [1.29, 1.82) is 0 Å². The van der Waals surface area contributed by atoms with Gasteiger partial charge >= 0.3 is 0 Å². The van der Waals surface area contributed by atoms with Crippen molar-refractivity contribution in [2.24, 2.45) is 10.6 Å². The Morgan fingerprint density at radius 3 is 2.74 bits per heavy atom. The Kier molecular flexibility index (Phi) is 3.50. The Balaban J connectivity index is 1.96. The molecule has 0 aliphatic heterocycles. The monoisotopic (exact) mass is 317 g/mol. The quantitative estimate of drug-likeness (QED) is 0.654. The van der Waals surface area contributed by atoms with Gasteiger partial charge < -0.3 is 19.5 Å². The summed E-state index contributed by atoms with van der Waals surface area (Å²) in [6, 6.07) is 1.62. The predicted molar refractivity (Wildman–Crippen MR) is 83.1 cm³/mol. The molecular formula is C16H19N3O4. The number of fused-ring (bicyclic) bond motifs is 1. The van der Waals surface area contributed by atoms with Crippen LogP contribution in [0.5, 0.6) is 0 Å². The van der Waals surface area contributed by atoms with Gasteiger partial charge in [-0.05, 0) is 25.7 Å². The lowest BCUT2D eigenvalue weighted by atomic mass is 9.75. The summed E-state index contributed by atoms with van der Waals surface area (Å²) in [5.41, 5.74) is 1.86. The number of oxime groups is 1. The summed E-state index contributed by atoms with van der Waals surface area (Å²) in [6.07, 6.45) is 1.30. The third-order valence-corrected chi connectivity index (χ3v) is 3.99. The highest BCUT2D eigenvalue weighted by molar-refractivity contribution is 6.09. The molecular weight excluding hydrogens is 298 g/mol. The fourth-order valence-corrected chi connectivity index (χ4v) is 3.01. The van der Waals surface area contributed by atoms with Gasteiger partial charge in [-0.2, -0.15) is 0 Å². The molecule has 2 N–H and O–H groups in total. The van der Waals surface area contributed by atoms with Crippen LogP contribution in [-0.2, 0) is 6.42 Å². The van der Waals surface area contributed by atoms with E-state index in [1.54, 1.807) is 19.9 Å². The lowest BCUT2D eigenvalue weighted by Crippen LogP contribution is -2.27. The van der Waals surface area contributed by atoms with E-state index in [1.165, 1.54) is 0 Å². The van der Waals surface area contributed by atoms with Crippen LogP contribution >= 0.6 is 0 Å². The highest BCUT2D eigenvalue weighted by Gasteiger charge is 2.36. The van der Waals surface area contributed by atoms with Gasteiger partial charge in [-0.1, -0.05) is 24.2 Å². The SMILES string of the molecule is Cc1cc(NC(=O)c2oc3c(c2C)/C(=N\O)CC(C)(C)C3)no1. The zero-order valence-corrected chi connectivity index (χ0v) is 13.6. The van der Waals surface area contributed by atoms with Gasteiger partial charge in [-0.15, -0.1) is 0 Å². The van der Waals surface area contributed by atoms with E-state index in [4.69, 9.17) is 8.94 Å². The number of hydrogen-bond acceptors (Lipinski definition) is 6. The van der Waals surface area contributed by atoms with Gasteiger partial charge in [0.15, 0.2) is 11.6 Å². The molecule has 7 nitrogen and oxygen atoms in total. The van der Waals surface area contributed by atoms with E-state index in [0.717, 1.165) is 5.56 Å². The van der Waals surface area contributed by atoms with Crippen molar-refractivity contribution >= 4 is 17.4 Å². The number of carbonyl (C=O) groups is 1. The van der Waals surface area contributed by atoms with Crippen LogP contribution in [0.3, 0.4) is 0 Å². The molecule has 1 aliphatic rings. The second kappa shape index (κ2) is 5.26. The third kappa shape index (κ3) is 2.74. The first-order valence-electron chi connectivity index (χ1n) is 7.39. The Hall–Kier alpha value is -2.57. The summed E-state index contributed by atoms with van der Waals surface area (Å²) in [5.74, 6) is 1.41. The van der Waals surface area contributed by atoms with E-state index in [1.807, 2.05) is 0 Å². The largest absolute Gasteiger partial charge is 0.455 e. The van der Waals surface area contributed by atoms with Gasteiger partial charge in [0.05, 0.1) is 5.71 Å². The minimum absolute atomic E-state index is 0.0875. The Bertz CT molecular complexity index is 798. The second-order valence-corrected chi connectivity index (χ2v) is 6.70. The smallest absolute Gasteiger partial charge is 0.292 e. The number of aromatic nitrogens is 1. The molecule has 122 valence electrons. The van der Waals surface area contributed by atoms with Crippen LogP contribution in [0.2, 0.25) is 0 Å². The first-order chi connectivity index (χ1) is 10.8. The molecule has 23 heavy (non-hydrogen) atoms. The van der Waals surface area contributed by atoms with E-state index in [-0.39, 0.29) is 11.2 Å². The predicted octanol–water partition coefficient (Wildman–Crippen LogP) is 3.29. The molecule has 0 saturated heterocycles. The summed E-state index contributed by atoms with van der Waals surface area (Å²) < 4.78 is 10.7. The van der Waals surface area contributed by atoms with Crippen molar-refractivity contribution in [2.45, 2.75) is 40.5 Å². The van der Waals surface area contributed by atoms with Crippen LogP contribution in [0, 0.1) is 19.3 Å². The molecule has 0 fully saturated rings. The number of amides is 1. The zero-order valence-electron chi connectivity index (χ0n) is 13.6. The fourth-order valence-electron chi connectivity index (χ4n) is 3.01. The first kappa shape index (κ1) is 15.3. The maximum atomic E-state index is 12.4. The van der Waals surface area contributed by atoms with E-state index >= 15 is 0 Å². The number of furan rings is 1. The summed E-state index contributed by atoms with van der Waals surface area (Å²) in [7, 11) is 0. The Morgan fingerprint density at radius 1 is 1.39 bits per heavy atom. The molecule has 0 saturated carbocycles. The normalized spacial score (nSPS) is 18.0. The molecule has 0 bridgehead atoms. The van der Waals surface area contributed by atoms with Crippen molar-refractivity contribution < 1.29 is 18.9 Å². The molecule has 0 radical (unpaired) electrons. The molecule has 0 atom stereocenters. The zero-order chi connectivity index (χ0) is 16.8. The van der Waals surface area contributed by atoms with Crippen molar-refractivity contribution in [1.82, 2.24) is 5.16 Å². The molecule has 0 unspecified atom stereocenters. The van der Waals surface area contributed by atoms with Crippen LogP contribution in [0.4, 0.5) is 5.82 Å². The molecule has 7 heteroatoms. The molecule has 3 rings (SSSR count). The van der Waals surface area contributed by atoms with Crippen LogP contribution < -0.4 is 5.32 Å². The number of rotatable bonds is 2. The maximum absolute atomic E-state index is 12.4. The molecule has 2 aromatic heterocycles. The van der Waals surface area contributed by atoms with Gasteiger partial charge in [-0.25, -0.2) is 0 Å². The van der Waals surface area contributed by atoms with Gasteiger partial charge in [0.1, 0.15) is 11.5 Å². The van der Waals surface area contributed by atoms with Gasteiger partial charge in [0, 0.05) is 23.6 Å². The summed E-state index contributed by atoms with van der Waals surface area (Å²) in [6.45, 7) is 7.66. The minimum Gasteiger partial charge on any atom is -0.455 e. The Labute approximate surface area is 133 Å². The standard InChI is InChI=1S/C16H19N3O4/c1-8-5-12(19-23-8)17-15(20)14-9(2)13-10(18-21)6-16(3,4)7-11(13)22-14/h5,21H,6-7H2,1-4H3,(H,17,19,20)/b18-10-. The van der Waals surface area contributed by atoms with Crippen molar-refractivity contribution in [3.8, 4) is 0 Å². The number of nitrogens with zero attached hydrogens (tertiary/aromatic N) is 2. The van der Waals surface area contributed by atoms with E-state index in [0.29, 0.717) is 41.5 Å². The molecule has 2 aromatic rings. The number of carbonyl (C=O) groups excluding carboxylic acids is 1. The molecule has 1 aliphatic carbocycles. The second-order valence-electron chi connectivity index (χ2n) is 6.70. The topological polar surface area (TPSA) is 101 Å². The molecule has 2 heterocycles. The van der Waals surface area contributed by atoms with Crippen LogP contribution in [0.25, 0.3) is 0 Å². The Morgan fingerprint density at radius 2 is 2.13 bits per heavy atom. The van der Waals surface area contributed by atoms with Gasteiger partial charge in [0.25, 0.3) is 5.91 Å². The summed E-state index contributed by atoms with van der Waals surface area (Å²) >= 11 is 0. The van der Waals surface area contributed by atoms with Crippen molar-refractivity contribution in [3.05, 3.63) is 34.5 Å². The van der Waals surface area contributed by atoms with Crippen LogP contribution in [0.15, 0.2) is 20.2 Å². The molecule has 1 amide bonds. The molecule has 0 spiro atoms. The average Bonchev–Trinajstić information content (AvgIpc) is 3.00.